The highest BCUT2D eigenvalue weighted by Gasteiger charge is 2.25. The van der Waals surface area contributed by atoms with Crippen molar-refractivity contribution in [3.8, 4) is 0 Å². The molecule has 0 saturated heterocycles. The van der Waals surface area contributed by atoms with Gasteiger partial charge < -0.3 is 10.4 Å². The molecule has 16 heavy (non-hydrogen) atoms. The summed E-state index contributed by atoms with van der Waals surface area (Å²) in [7, 11) is 0. The lowest BCUT2D eigenvalue weighted by molar-refractivity contribution is 0.345. The van der Waals surface area contributed by atoms with Crippen molar-refractivity contribution < 1.29 is 4.65 Å². The van der Waals surface area contributed by atoms with E-state index in [1.807, 2.05) is 22.9 Å². The molecule has 0 aliphatic carbocycles. The predicted molar refractivity (Wildman–Crippen MR) is 73.7 cm³/mol. The van der Waals surface area contributed by atoms with E-state index in [4.69, 9.17) is 22.0 Å². The maximum Gasteiger partial charge on any atom is 0.384 e. The van der Waals surface area contributed by atoms with Crippen molar-refractivity contribution >= 4 is 50.7 Å². The summed E-state index contributed by atoms with van der Waals surface area (Å²) in [6, 6.07) is 5.97. The molecule has 6 heteroatoms. The van der Waals surface area contributed by atoms with Crippen LogP contribution in [0.25, 0.3) is 0 Å². The van der Waals surface area contributed by atoms with Gasteiger partial charge in [-0.3, -0.25) is 0 Å². The van der Waals surface area contributed by atoms with Gasteiger partial charge in [-0.05, 0) is 16.8 Å². The molecule has 2 N–H and O–H groups in total. The van der Waals surface area contributed by atoms with Gasteiger partial charge in [0.1, 0.15) is 0 Å². The normalized spacial score (nSPS) is 10.6. The molecule has 0 spiro atoms. The van der Waals surface area contributed by atoms with E-state index in [-0.39, 0.29) is 6.92 Å². The fraction of sp³-hybridized carbons (Fsp3) is 0.200. The van der Waals surface area contributed by atoms with E-state index in [1.54, 1.807) is 22.7 Å². The molecule has 0 bridgehead atoms. The van der Waals surface area contributed by atoms with Crippen LogP contribution in [0.4, 0.5) is 0 Å². The number of hydrogen-bond acceptors (Lipinski definition) is 4. The summed E-state index contributed by atoms with van der Waals surface area (Å²) in [5.41, 5.74) is 5.47. The highest BCUT2D eigenvalue weighted by molar-refractivity contribution is 7.30. The maximum absolute atomic E-state index is 6.13. The molecule has 0 saturated carbocycles. The molecule has 0 atom stereocenters. The highest BCUT2D eigenvalue weighted by atomic mass is 35.5. The molecule has 0 radical (unpaired) electrons. The minimum atomic E-state index is -0.0731. The van der Waals surface area contributed by atoms with E-state index >= 15 is 0 Å². The zero-order chi connectivity index (χ0) is 11.4. The van der Waals surface area contributed by atoms with Crippen LogP contribution < -0.4 is 15.3 Å². The lowest BCUT2D eigenvalue weighted by Gasteiger charge is -2.11. The largest absolute Gasteiger partial charge is 0.425 e. The monoisotopic (exact) mass is 271 g/mol. The maximum atomic E-state index is 6.13. The van der Waals surface area contributed by atoms with Gasteiger partial charge in [0.25, 0.3) is 0 Å². The number of rotatable bonds is 5. The zero-order valence-electron chi connectivity index (χ0n) is 8.56. The minimum absolute atomic E-state index is 0.0731. The van der Waals surface area contributed by atoms with Crippen LogP contribution in [-0.4, -0.2) is 20.1 Å². The Kier molecular flexibility index (Phi) is 4.43. The summed E-state index contributed by atoms with van der Waals surface area (Å²) in [6.45, 7) is 0.984. The molecule has 0 fully saturated rings. The molecular formula is C10H11BClNOS2. The average Bonchev–Trinajstić information content (AvgIpc) is 2.91. The van der Waals surface area contributed by atoms with Gasteiger partial charge in [0.05, 0.1) is 0 Å². The van der Waals surface area contributed by atoms with E-state index < -0.39 is 0 Å². The third-order valence-corrected chi connectivity index (χ3v) is 4.40. The molecule has 84 valence electrons. The van der Waals surface area contributed by atoms with Crippen LogP contribution in [0.5, 0.6) is 0 Å². The summed E-state index contributed by atoms with van der Waals surface area (Å²) in [5, 5.41) is 4.78. The summed E-state index contributed by atoms with van der Waals surface area (Å²) in [6.07, 6.45) is 0. The Hall–Kier alpha value is -0.325. The molecule has 0 aliphatic rings. The summed E-state index contributed by atoms with van der Waals surface area (Å²) in [5.74, 6) is 0. The Morgan fingerprint density at radius 1 is 1.31 bits per heavy atom. The topological polar surface area (TPSA) is 35.2 Å². The molecule has 2 rings (SSSR count). The lowest BCUT2D eigenvalue weighted by Crippen LogP contribution is -2.43. The Balaban J connectivity index is 2.25. The molecule has 2 aromatic rings. The highest BCUT2D eigenvalue weighted by Crippen LogP contribution is 2.13. The van der Waals surface area contributed by atoms with E-state index in [0.717, 1.165) is 14.6 Å². The Morgan fingerprint density at radius 3 is 2.75 bits per heavy atom. The van der Waals surface area contributed by atoms with Crippen molar-refractivity contribution in [2.45, 2.75) is 0 Å². The lowest BCUT2D eigenvalue weighted by atomic mass is 9.65. The third kappa shape index (κ3) is 2.67. The first-order valence-electron chi connectivity index (χ1n) is 4.91. The SMILES string of the molecule is NCCOB(c1cccs1)c1sccc1Cl. The van der Waals surface area contributed by atoms with Gasteiger partial charge in [0.2, 0.25) is 0 Å². The smallest absolute Gasteiger partial charge is 0.384 e. The molecule has 0 aliphatic heterocycles. The van der Waals surface area contributed by atoms with Gasteiger partial charge in [-0.25, -0.2) is 0 Å². The summed E-state index contributed by atoms with van der Waals surface area (Å²) < 4.78 is 7.99. The second-order valence-corrected chi connectivity index (χ2v) is 5.52. The summed E-state index contributed by atoms with van der Waals surface area (Å²) >= 11 is 9.42. The number of thiophene rings is 2. The van der Waals surface area contributed by atoms with Crippen LogP contribution in [0.3, 0.4) is 0 Å². The van der Waals surface area contributed by atoms with Crippen molar-refractivity contribution in [2.75, 3.05) is 13.2 Å². The third-order valence-electron chi connectivity index (χ3n) is 2.09. The summed E-state index contributed by atoms with van der Waals surface area (Å²) in [4.78, 5) is 0. The number of halogens is 1. The van der Waals surface area contributed by atoms with Crippen LogP contribution in [0, 0.1) is 0 Å². The molecular weight excluding hydrogens is 261 g/mol. The molecule has 0 unspecified atom stereocenters. The fourth-order valence-corrected chi connectivity index (χ4v) is 3.48. The van der Waals surface area contributed by atoms with E-state index in [1.165, 1.54) is 0 Å². The molecule has 2 heterocycles. The van der Waals surface area contributed by atoms with Crippen LogP contribution in [0.15, 0.2) is 29.0 Å². The molecule has 2 aromatic heterocycles. The van der Waals surface area contributed by atoms with E-state index in [0.29, 0.717) is 13.2 Å². The second kappa shape index (κ2) is 5.84. The van der Waals surface area contributed by atoms with E-state index in [9.17, 15) is 0 Å². The van der Waals surface area contributed by atoms with Crippen LogP contribution >= 0.6 is 34.3 Å². The van der Waals surface area contributed by atoms with E-state index in [2.05, 4.69) is 6.07 Å². The van der Waals surface area contributed by atoms with Crippen molar-refractivity contribution in [2.24, 2.45) is 5.73 Å². The van der Waals surface area contributed by atoms with Crippen molar-refractivity contribution in [3.05, 3.63) is 34.0 Å². The first-order valence-corrected chi connectivity index (χ1v) is 7.04. The second-order valence-electron chi connectivity index (χ2n) is 3.19. The Bertz CT molecular complexity index is 432. The number of nitrogens with two attached hydrogens (primary N) is 1. The van der Waals surface area contributed by atoms with Gasteiger partial charge in [-0.1, -0.05) is 23.7 Å². The minimum Gasteiger partial charge on any atom is -0.425 e. The molecule has 0 amide bonds. The number of hydrogen-bond donors (Lipinski definition) is 1. The van der Waals surface area contributed by atoms with Gasteiger partial charge in [0, 0.05) is 27.7 Å². The van der Waals surface area contributed by atoms with Crippen LogP contribution in [-0.2, 0) is 4.65 Å². The fourth-order valence-electron chi connectivity index (χ4n) is 1.41. The quantitative estimate of drug-likeness (QED) is 0.838. The Labute approximate surface area is 108 Å². The Morgan fingerprint density at radius 2 is 2.19 bits per heavy atom. The van der Waals surface area contributed by atoms with Crippen molar-refractivity contribution in [1.29, 1.82) is 0 Å². The molecule has 2 nitrogen and oxygen atoms in total. The average molecular weight is 272 g/mol. The molecule has 0 aromatic carbocycles. The van der Waals surface area contributed by atoms with Gasteiger partial charge >= 0.3 is 6.92 Å². The van der Waals surface area contributed by atoms with Crippen molar-refractivity contribution in [1.82, 2.24) is 0 Å². The van der Waals surface area contributed by atoms with Crippen molar-refractivity contribution in [3.63, 3.8) is 0 Å². The predicted octanol–water partition coefficient (Wildman–Crippen LogP) is 1.54. The first-order chi connectivity index (χ1) is 7.83. The standard InChI is InChI=1S/C10H11BClNOS2/c12-8-3-7-16-10(8)11(14-5-4-13)9-2-1-6-15-9/h1-3,6-7H,4-5,13H2. The zero-order valence-corrected chi connectivity index (χ0v) is 10.9. The first kappa shape index (κ1) is 12.1. The van der Waals surface area contributed by atoms with Gasteiger partial charge in [-0.15, -0.1) is 0 Å². The van der Waals surface area contributed by atoms with Crippen LogP contribution in [0.2, 0.25) is 5.02 Å². The van der Waals surface area contributed by atoms with Crippen LogP contribution in [0.1, 0.15) is 0 Å². The van der Waals surface area contributed by atoms with Gasteiger partial charge in [0.15, 0.2) is 0 Å². The van der Waals surface area contributed by atoms with Gasteiger partial charge in [-0.2, -0.15) is 22.7 Å².